The zero-order valence-corrected chi connectivity index (χ0v) is 18.9. The highest BCUT2D eigenvalue weighted by Gasteiger charge is 2.09. The summed E-state index contributed by atoms with van der Waals surface area (Å²) in [5, 5.41) is 4.28. The number of hydrogen-bond acceptors (Lipinski definition) is 8. The quantitative estimate of drug-likeness (QED) is 0.236. The van der Waals surface area contributed by atoms with Crippen molar-refractivity contribution in [3.63, 3.8) is 0 Å². The second kappa shape index (κ2) is 12.8. The summed E-state index contributed by atoms with van der Waals surface area (Å²) < 4.78 is 10.5. The number of hydrogen-bond donors (Lipinski definition) is 0. The van der Waals surface area contributed by atoms with Gasteiger partial charge >= 0.3 is 5.97 Å². The molecule has 8 heteroatoms. The SMILES string of the molecule is COC(=O)CC/C(=N/OCc1ccc(OCCN(C)c2ncccn2)cc1)c1ccccc1. The third-order valence-corrected chi connectivity index (χ3v) is 4.82. The molecule has 0 saturated heterocycles. The minimum Gasteiger partial charge on any atom is -0.492 e. The number of oxime groups is 1. The molecule has 0 aliphatic heterocycles. The van der Waals surface area contributed by atoms with E-state index in [1.165, 1.54) is 7.11 Å². The van der Waals surface area contributed by atoms with Crippen molar-refractivity contribution in [1.82, 2.24) is 9.97 Å². The Morgan fingerprint density at radius 2 is 1.70 bits per heavy atom. The molecule has 0 aliphatic carbocycles. The molecule has 8 nitrogen and oxygen atoms in total. The first-order valence-corrected chi connectivity index (χ1v) is 10.7. The van der Waals surface area contributed by atoms with Gasteiger partial charge in [0.15, 0.2) is 0 Å². The van der Waals surface area contributed by atoms with Crippen molar-refractivity contribution in [1.29, 1.82) is 0 Å². The van der Waals surface area contributed by atoms with Crippen molar-refractivity contribution in [3.05, 3.63) is 84.2 Å². The largest absolute Gasteiger partial charge is 0.492 e. The van der Waals surface area contributed by atoms with Crippen molar-refractivity contribution in [2.45, 2.75) is 19.4 Å². The van der Waals surface area contributed by atoms with Crippen LogP contribution in [0.4, 0.5) is 5.95 Å². The predicted molar refractivity (Wildman–Crippen MR) is 126 cm³/mol. The Morgan fingerprint density at radius 3 is 2.39 bits per heavy atom. The molecule has 1 aromatic heterocycles. The normalized spacial score (nSPS) is 11.0. The van der Waals surface area contributed by atoms with E-state index in [1.54, 1.807) is 18.5 Å². The summed E-state index contributed by atoms with van der Waals surface area (Å²) in [5.41, 5.74) is 2.57. The molecule has 1 heterocycles. The van der Waals surface area contributed by atoms with Gasteiger partial charge in [0.1, 0.15) is 19.0 Å². The standard InChI is InChI=1S/C25H28N4O4/c1-29(25-26-15-6-16-27-25)17-18-32-22-11-9-20(10-12-22)19-33-28-23(13-14-24(30)31-2)21-7-4-3-5-8-21/h3-12,15-16H,13-14,17-19H2,1-2H3/b28-23-. The molecule has 0 aliphatic rings. The lowest BCUT2D eigenvalue weighted by atomic mass is 10.1. The van der Waals surface area contributed by atoms with Gasteiger partial charge in [-0.25, -0.2) is 9.97 Å². The van der Waals surface area contributed by atoms with Crippen LogP contribution < -0.4 is 9.64 Å². The number of nitrogens with zero attached hydrogens (tertiary/aromatic N) is 4. The minimum absolute atomic E-state index is 0.241. The fraction of sp³-hybridized carbons (Fsp3) is 0.280. The molecule has 2 aromatic carbocycles. The highest BCUT2D eigenvalue weighted by Crippen LogP contribution is 2.14. The molecule has 172 valence electrons. The summed E-state index contributed by atoms with van der Waals surface area (Å²) in [4.78, 5) is 27.5. The number of likely N-dealkylation sites (N-methyl/N-ethyl adjacent to an activating group) is 1. The maximum atomic E-state index is 11.5. The zero-order chi connectivity index (χ0) is 23.3. The van der Waals surface area contributed by atoms with Gasteiger partial charge in [-0.2, -0.15) is 0 Å². The molecule has 0 bridgehead atoms. The molecule has 0 amide bonds. The van der Waals surface area contributed by atoms with E-state index in [2.05, 4.69) is 15.1 Å². The third-order valence-electron chi connectivity index (χ3n) is 4.82. The van der Waals surface area contributed by atoms with E-state index in [4.69, 9.17) is 14.3 Å². The Hall–Kier alpha value is -3.94. The van der Waals surface area contributed by atoms with Crippen LogP contribution in [0.25, 0.3) is 0 Å². The summed E-state index contributed by atoms with van der Waals surface area (Å²) in [6.45, 7) is 1.48. The van der Waals surface area contributed by atoms with Crippen LogP contribution in [-0.4, -0.2) is 49.0 Å². The molecule has 0 unspecified atom stereocenters. The first-order valence-electron chi connectivity index (χ1n) is 10.7. The van der Waals surface area contributed by atoms with Crippen LogP contribution in [0, 0.1) is 0 Å². The van der Waals surface area contributed by atoms with Gasteiger partial charge in [0.05, 0.1) is 25.8 Å². The third kappa shape index (κ3) is 7.92. The fourth-order valence-corrected chi connectivity index (χ4v) is 2.95. The molecule has 0 radical (unpaired) electrons. The fourth-order valence-electron chi connectivity index (χ4n) is 2.95. The predicted octanol–water partition coefficient (Wildman–Crippen LogP) is 3.87. The molecule has 0 atom stereocenters. The van der Waals surface area contributed by atoms with E-state index in [1.807, 2.05) is 66.5 Å². The number of ether oxygens (including phenoxy) is 2. The van der Waals surface area contributed by atoms with Crippen LogP contribution in [0.15, 0.2) is 78.2 Å². The van der Waals surface area contributed by atoms with Gasteiger partial charge in [-0.05, 0) is 29.3 Å². The lowest BCUT2D eigenvalue weighted by Gasteiger charge is -2.16. The van der Waals surface area contributed by atoms with Crippen molar-refractivity contribution in [2.75, 3.05) is 32.2 Å². The molecule has 3 rings (SSSR count). The molecule has 3 aromatic rings. The van der Waals surface area contributed by atoms with Crippen molar-refractivity contribution >= 4 is 17.6 Å². The Labute approximate surface area is 193 Å². The maximum Gasteiger partial charge on any atom is 0.305 e. The van der Waals surface area contributed by atoms with Gasteiger partial charge in [-0.1, -0.05) is 47.6 Å². The average Bonchev–Trinajstić information content (AvgIpc) is 2.87. The molecule has 33 heavy (non-hydrogen) atoms. The monoisotopic (exact) mass is 448 g/mol. The molecule has 0 spiro atoms. The number of anilines is 1. The summed E-state index contributed by atoms with van der Waals surface area (Å²) in [6.07, 6.45) is 4.11. The number of benzene rings is 2. The smallest absolute Gasteiger partial charge is 0.305 e. The summed E-state index contributed by atoms with van der Waals surface area (Å²) in [7, 11) is 3.30. The Kier molecular flexibility index (Phi) is 9.20. The second-order valence-corrected chi connectivity index (χ2v) is 7.22. The van der Waals surface area contributed by atoms with E-state index in [-0.39, 0.29) is 12.4 Å². The highest BCUT2D eigenvalue weighted by molar-refractivity contribution is 6.01. The Morgan fingerprint density at radius 1 is 0.970 bits per heavy atom. The number of carbonyl (C=O) groups is 1. The average molecular weight is 449 g/mol. The van der Waals surface area contributed by atoms with Gasteiger partial charge in [0.25, 0.3) is 0 Å². The molecule has 0 N–H and O–H groups in total. The number of methoxy groups -OCH3 is 1. The van der Waals surface area contributed by atoms with Crippen LogP contribution in [0.5, 0.6) is 5.75 Å². The number of esters is 1. The van der Waals surface area contributed by atoms with E-state index < -0.39 is 0 Å². The van der Waals surface area contributed by atoms with Gasteiger partial charge in [0.2, 0.25) is 5.95 Å². The van der Waals surface area contributed by atoms with Crippen molar-refractivity contribution < 1.29 is 19.1 Å². The van der Waals surface area contributed by atoms with Crippen molar-refractivity contribution in [2.24, 2.45) is 5.16 Å². The highest BCUT2D eigenvalue weighted by atomic mass is 16.6. The van der Waals surface area contributed by atoms with E-state index in [9.17, 15) is 4.79 Å². The summed E-state index contributed by atoms with van der Waals surface area (Å²) in [6, 6.07) is 19.1. The Balaban J connectivity index is 1.49. The summed E-state index contributed by atoms with van der Waals surface area (Å²) in [5.74, 6) is 1.15. The number of aromatic nitrogens is 2. The minimum atomic E-state index is -0.281. The van der Waals surface area contributed by atoms with E-state index >= 15 is 0 Å². The van der Waals surface area contributed by atoms with Crippen LogP contribution in [0.2, 0.25) is 0 Å². The van der Waals surface area contributed by atoms with Crippen LogP contribution >= 0.6 is 0 Å². The lowest BCUT2D eigenvalue weighted by molar-refractivity contribution is -0.140. The molecule has 0 saturated carbocycles. The first-order chi connectivity index (χ1) is 16.2. The topological polar surface area (TPSA) is 86.1 Å². The van der Waals surface area contributed by atoms with Gasteiger partial charge in [-0.15, -0.1) is 0 Å². The van der Waals surface area contributed by atoms with Crippen LogP contribution in [-0.2, 0) is 21.0 Å². The van der Waals surface area contributed by atoms with Crippen LogP contribution in [0.1, 0.15) is 24.0 Å². The maximum absolute atomic E-state index is 11.5. The molecule has 0 fully saturated rings. The zero-order valence-electron chi connectivity index (χ0n) is 18.9. The Bertz CT molecular complexity index is 1010. The van der Waals surface area contributed by atoms with Gasteiger partial charge < -0.3 is 19.2 Å². The molecular formula is C25H28N4O4. The van der Waals surface area contributed by atoms with E-state index in [0.717, 1.165) is 16.9 Å². The second-order valence-electron chi connectivity index (χ2n) is 7.22. The number of rotatable bonds is 12. The van der Waals surface area contributed by atoms with Crippen LogP contribution in [0.3, 0.4) is 0 Å². The van der Waals surface area contributed by atoms with Gasteiger partial charge in [0, 0.05) is 25.9 Å². The van der Waals surface area contributed by atoms with Crippen molar-refractivity contribution in [3.8, 4) is 5.75 Å². The first kappa shape index (κ1) is 23.7. The summed E-state index contributed by atoms with van der Waals surface area (Å²) >= 11 is 0. The number of carbonyl (C=O) groups excluding carboxylic acids is 1. The molecular weight excluding hydrogens is 420 g/mol. The van der Waals surface area contributed by atoms with E-state index in [0.29, 0.717) is 37.8 Å². The van der Waals surface area contributed by atoms with Gasteiger partial charge in [-0.3, -0.25) is 4.79 Å². The lowest BCUT2D eigenvalue weighted by Crippen LogP contribution is -2.25.